The van der Waals surface area contributed by atoms with E-state index in [0.29, 0.717) is 0 Å². The van der Waals surface area contributed by atoms with Crippen LogP contribution in [-0.2, 0) is 17.4 Å². The fourth-order valence-electron chi connectivity index (χ4n) is 3.58. The summed E-state index contributed by atoms with van der Waals surface area (Å²) in [4.78, 5) is 16.3. The summed E-state index contributed by atoms with van der Waals surface area (Å²) < 4.78 is 41.9. The summed E-state index contributed by atoms with van der Waals surface area (Å²) >= 11 is 0. The van der Waals surface area contributed by atoms with Crippen LogP contribution in [0.2, 0.25) is 0 Å². The molecular formula is C23H24F3N3O2. The summed E-state index contributed by atoms with van der Waals surface area (Å²) in [5.41, 5.74) is -1.29. The smallest absolute Gasteiger partial charge is 0.374 e. The monoisotopic (exact) mass is 431 g/mol. The van der Waals surface area contributed by atoms with E-state index in [1.54, 1.807) is 0 Å². The quantitative estimate of drug-likeness (QED) is 0.569. The van der Waals surface area contributed by atoms with Crippen molar-refractivity contribution in [1.82, 2.24) is 14.9 Å². The van der Waals surface area contributed by atoms with Gasteiger partial charge in [-0.1, -0.05) is 60.7 Å². The van der Waals surface area contributed by atoms with Crippen molar-refractivity contribution in [2.45, 2.75) is 30.5 Å². The molecule has 8 heteroatoms. The van der Waals surface area contributed by atoms with Crippen LogP contribution in [0.1, 0.15) is 35.7 Å². The number of benzene rings is 2. The fourth-order valence-corrected chi connectivity index (χ4v) is 3.58. The number of carbonyl (C=O) groups excluding carboxylic acids is 1. The summed E-state index contributed by atoms with van der Waals surface area (Å²) in [6, 6.07) is 18.9. The molecule has 1 heterocycles. The predicted molar refractivity (Wildman–Crippen MR) is 110 cm³/mol. The molecule has 1 aromatic heterocycles. The number of hydrogen-bond donors (Lipinski definition) is 2. The number of halogens is 3. The van der Waals surface area contributed by atoms with E-state index in [9.17, 15) is 23.1 Å². The third-order valence-electron chi connectivity index (χ3n) is 5.26. The number of alkyl halides is 3. The first-order valence-electron chi connectivity index (χ1n) is 9.86. The highest BCUT2D eigenvalue weighted by molar-refractivity contribution is 5.77. The molecule has 31 heavy (non-hydrogen) atoms. The second kappa shape index (κ2) is 9.34. The van der Waals surface area contributed by atoms with Crippen LogP contribution < -0.4 is 5.32 Å². The summed E-state index contributed by atoms with van der Waals surface area (Å²) in [5.74, 6) is -1.15. The summed E-state index contributed by atoms with van der Waals surface area (Å²) in [7, 11) is 1.38. The highest BCUT2D eigenvalue weighted by Crippen LogP contribution is 2.40. The molecule has 2 N–H and O–H groups in total. The molecule has 0 saturated heterocycles. The highest BCUT2D eigenvalue weighted by atomic mass is 19.4. The minimum Gasteiger partial charge on any atom is -0.374 e. The molecule has 0 aliphatic heterocycles. The van der Waals surface area contributed by atoms with E-state index >= 15 is 0 Å². The summed E-state index contributed by atoms with van der Waals surface area (Å²) in [5, 5.41) is 12.9. The molecule has 0 bridgehead atoms. The van der Waals surface area contributed by atoms with Crippen LogP contribution in [0.3, 0.4) is 0 Å². The third kappa shape index (κ3) is 5.14. The topological polar surface area (TPSA) is 67.2 Å². The van der Waals surface area contributed by atoms with E-state index in [1.165, 1.54) is 19.4 Å². The fraction of sp³-hybridized carbons (Fsp3) is 0.304. The van der Waals surface area contributed by atoms with Crippen LogP contribution in [0, 0.1) is 0 Å². The number of hydrogen-bond acceptors (Lipinski definition) is 3. The Balaban J connectivity index is 1.70. The standard InChI is InChI=1S/C23H24F3N3O2/c1-29-15-14-28-21(29)22(31,23(24,25)26)12-13-27-20(30)16-19(17-8-4-2-5-9-17)18-10-6-3-7-11-18/h2-11,14-15,19,31H,12-13,16H2,1H3,(H,27,30). The minimum absolute atomic E-state index is 0.0703. The molecule has 3 aromatic rings. The molecule has 164 valence electrons. The van der Waals surface area contributed by atoms with Crippen molar-refractivity contribution in [2.24, 2.45) is 7.05 Å². The number of aromatic nitrogens is 2. The normalized spacial score (nSPS) is 13.7. The number of nitrogens with one attached hydrogen (secondary N) is 1. The average molecular weight is 431 g/mol. The van der Waals surface area contributed by atoms with E-state index in [0.717, 1.165) is 15.7 Å². The number of aliphatic hydroxyl groups is 1. The van der Waals surface area contributed by atoms with Crippen LogP contribution >= 0.6 is 0 Å². The van der Waals surface area contributed by atoms with Gasteiger partial charge in [-0.2, -0.15) is 13.2 Å². The molecule has 5 nitrogen and oxygen atoms in total. The van der Waals surface area contributed by atoms with Crippen molar-refractivity contribution in [2.75, 3.05) is 6.54 Å². The van der Waals surface area contributed by atoms with Gasteiger partial charge < -0.3 is 15.0 Å². The molecule has 1 atom stereocenters. The molecule has 0 radical (unpaired) electrons. The van der Waals surface area contributed by atoms with Gasteiger partial charge in [-0.25, -0.2) is 4.98 Å². The summed E-state index contributed by atoms with van der Waals surface area (Å²) in [6.07, 6.45) is -3.09. The van der Waals surface area contributed by atoms with Gasteiger partial charge in [0.05, 0.1) is 0 Å². The highest BCUT2D eigenvalue weighted by Gasteiger charge is 2.57. The van der Waals surface area contributed by atoms with Crippen LogP contribution in [0.4, 0.5) is 13.2 Å². The number of nitrogens with zero attached hydrogens (tertiary/aromatic N) is 2. The Bertz CT molecular complexity index is 951. The van der Waals surface area contributed by atoms with E-state index < -0.39 is 29.9 Å². The van der Waals surface area contributed by atoms with Crippen LogP contribution in [-0.4, -0.2) is 33.3 Å². The number of rotatable bonds is 8. The van der Waals surface area contributed by atoms with Gasteiger partial charge in [0.15, 0.2) is 0 Å². The molecule has 2 aromatic carbocycles. The molecule has 0 fully saturated rings. The van der Waals surface area contributed by atoms with E-state index in [-0.39, 0.29) is 18.9 Å². The summed E-state index contributed by atoms with van der Waals surface area (Å²) in [6.45, 7) is -0.349. The van der Waals surface area contributed by atoms with Gasteiger partial charge >= 0.3 is 6.18 Å². The van der Waals surface area contributed by atoms with Gasteiger partial charge in [0.2, 0.25) is 11.5 Å². The van der Waals surface area contributed by atoms with Crippen molar-refractivity contribution in [1.29, 1.82) is 0 Å². The number of amides is 1. The van der Waals surface area contributed by atoms with Crippen molar-refractivity contribution in [3.8, 4) is 0 Å². The van der Waals surface area contributed by atoms with Gasteiger partial charge in [0.25, 0.3) is 0 Å². The second-order valence-corrected chi connectivity index (χ2v) is 7.40. The predicted octanol–water partition coefficient (Wildman–Crippen LogP) is 3.90. The van der Waals surface area contributed by atoms with Crippen LogP contribution in [0.25, 0.3) is 0 Å². The average Bonchev–Trinajstić information content (AvgIpc) is 3.19. The van der Waals surface area contributed by atoms with E-state index in [2.05, 4.69) is 10.3 Å². The number of aryl methyl sites for hydroxylation is 1. The Hall–Kier alpha value is -3.13. The lowest BCUT2D eigenvalue weighted by molar-refractivity contribution is -0.272. The van der Waals surface area contributed by atoms with Gasteiger partial charge in [-0.3, -0.25) is 4.79 Å². The number of carbonyl (C=O) groups is 1. The second-order valence-electron chi connectivity index (χ2n) is 7.40. The maximum atomic E-state index is 13.6. The van der Waals surface area contributed by atoms with Gasteiger partial charge in [0.1, 0.15) is 5.82 Å². The molecule has 0 aliphatic rings. The van der Waals surface area contributed by atoms with Crippen molar-refractivity contribution < 1.29 is 23.1 Å². The lowest BCUT2D eigenvalue weighted by atomic mass is 9.88. The van der Waals surface area contributed by atoms with Crippen LogP contribution in [0.5, 0.6) is 0 Å². The largest absolute Gasteiger partial charge is 0.424 e. The van der Waals surface area contributed by atoms with E-state index in [4.69, 9.17) is 0 Å². The molecule has 0 aliphatic carbocycles. The molecule has 0 saturated carbocycles. The Labute approximate surface area is 178 Å². The van der Waals surface area contributed by atoms with Gasteiger partial charge in [-0.05, 0) is 11.1 Å². The first-order valence-corrected chi connectivity index (χ1v) is 9.86. The van der Waals surface area contributed by atoms with E-state index in [1.807, 2.05) is 60.7 Å². The Kier molecular flexibility index (Phi) is 6.80. The van der Waals surface area contributed by atoms with Crippen molar-refractivity contribution in [3.05, 3.63) is 90.0 Å². The molecule has 1 unspecified atom stereocenters. The first-order chi connectivity index (χ1) is 14.7. The lowest BCUT2D eigenvalue weighted by Crippen LogP contribution is -2.46. The molecule has 3 rings (SSSR count). The Morgan fingerprint density at radius 2 is 1.61 bits per heavy atom. The maximum absolute atomic E-state index is 13.6. The minimum atomic E-state index is -4.94. The van der Waals surface area contributed by atoms with Crippen molar-refractivity contribution in [3.63, 3.8) is 0 Å². The SMILES string of the molecule is Cn1ccnc1C(O)(CCNC(=O)CC(c1ccccc1)c1ccccc1)C(F)(F)F. The lowest BCUT2D eigenvalue weighted by Gasteiger charge is -2.30. The maximum Gasteiger partial charge on any atom is 0.424 e. The Morgan fingerprint density at radius 3 is 2.06 bits per heavy atom. The molecule has 0 spiro atoms. The van der Waals surface area contributed by atoms with Crippen LogP contribution in [0.15, 0.2) is 73.1 Å². The van der Waals surface area contributed by atoms with Gasteiger partial charge in [-0.15, -0.1) is 0 Å². The van der Waals surface area contributed by atoms with Gasteiger partial charge in [0, 0.05) is 44.7 Å². The zero-order chi connectivity index (χ0) is 22.5. The zero-order valence-corrected chi connectivity index (χ0v) is 17.0. The zero-order valence-electron chi connectivity index (χ0n) is 17.0. The number of imidazole rings is 1. The van der Waals surface area contributed by atoms with Crippen molar-refractivity contribution >= 4 is 5.91 Å². The first kappa shape index (κ1) is 22.6. The Morgan fingerprint density at radius 1 is 1.06 bits per heavy atom. The molecular weight excluding hydrogens is 407 g/mol. The molecule has 1 amide bonds. The third-order valence-corrected chi connectivity index (χ3v) is 5.26.